The standard InChI is InChI=1S/C14H21NO3/c1-14(2,9-16)15(3)7-6-11-4-5-12-13(8-11)18-10-17-12/h4-5,8,16H,6-7,9-10H2,1-3H3. The number of hydrogen-bond acceptors (Lipinski definition) is 4. The SMILES string of the molecule is CN(CCc1ccc2c(c1)OCO2)C(C)(C)CO. The van der Waals surface area contributed by atoms with Gasteiger partial charge in [-0.05, 0) is 45.0 Å². The first kappa shape index (κ1) is 13.2. The molecule has 1 aromatic carbocycles. The predicted octanol–water partition coefficient (Wildman–Crippen LogP) is 1.66. The van der Waals surface area contributed by atoms with Crippen LogP contribution in [0, 0.1) is 0 Å². The Morgan fingerprint density at radius 3 is 2.72 bits per heavy atom. The van der Waals surface area contributed by atoms with Crippen molar-refractivity contribution in [2.75, 3.05) is 27.0 Å². The smallest absolute Gasteiger partial charge is 0.231 e. The van der Waals surface area contributed by atoms with Crippen LogP contribution in [0.4, 0.5) is 0 Å². The molecule has 100 valence electrons. The van der Waals surface area contributed by atoms with Gasteiger partial charge < -0.3 is 14.6 Å². The minimum atomic E-state index is -0.184. The quantitative estimate of drug-likeness (QED) is 0.864. The van der Waals surface area contributed by atoms with Gasteiger partial charge in [0.1, 0.15) is 0 Å². The second kappa shape index (κ2) is 5.16. The normalized spacial score (nSPS) is 14.3. The molecule has 0 unspecified atom stereocenters. The van der Waals surface area contributed by atoms with Gasteiger partial charge >= 0.3 is 0 Å². The lowest BCUT2D eigenvalue weighted by Crippen LogP contribution is -2.45. The number of fused-ring (bicyclic) bond motifs is 1. The van der Waals surface area contributed by atoms with Crippen molar-refractivity contribution in [3.8, 4) is 11.5 Å². The summed E-state index contributed by atoms with van der Waals surface area (Å²) in [5.74, 6) is 1.65. The van der Waals surface area contributed by atoms with Gasteiger partial charge in [-0.15, -0.1) is 0 Å². The number of rotatable bonds is 5. The van der Waals surface area contributed by atoms with Gasteiger partial charge in [0, 0.05) is 12.1 Å². The third-order valence-electron chi connectivity index (χ3n) is 3.59. The second-order valence-electron chi connectivity index (χ2n) is 5.33. The van der Waals surface area contributed by atoms with Crippen LogP contribution in [0.25, 0.3) is 0 Å². The van der Waals surface area contributed by atoms with Crippen molar-refractivity contribution in [1.29, 1.82) is 0 Å². The molecule has 0 saturated carbocycles. The number of aliphatic hydroxyl groups is 1. The highest BCUT2D eigenvalue weighted by Gasteiger charge is 2.22. The Hall–Kier alpha value is -1.26. The molecular formula is C14H21NO3. The Morgan fingerprint density at radius 1 is 1.28 bits per heavy atom. The van der Waals surface area contributed by atoms with Crippen molar-refractivity contribution < 1.29 is 14.6 Å². The average molecular weight is 251 g/mol. The average Bonchev–Trinajstić information content (AvgIpc) is 2.83. The number of ether oxygens (including phenoxy) is 2. The summed E-state index contributed by atoms with van der Waals surface area (Å²) in [6.07, 6.45) is 0.927. The molecule has 0 fully saturated rings. The maximum Gasteiger partial charge on any atom is 0.231 e. The van der Waals surface area contributed by atoms with Gasteiger partial charge in [0.2, 0.25) is 6.79 Å². The maximum absolute atomic E-state index is 9.31. The molecule has 0 aromatic heterocycles. The molecule has 0 spiro atoms. The Bertz CT molecular complexity index is 418. The summed E-state index contributed by atoms with van der Waals surface area (Å²) in [4.78, 5) is 2.16. The van der Waals surface area contributed by atoms with E-state index in [1.54, 1.807) is 0 Å². The number of hydrogen-bond donors (Lipinski definition) is 1. The fourth-order valence-electron chi connectivity index (χ4n) is 1.82. The van der Waals surface area contributed by atoms with Gasteiger partial charge in [-0.25, -0.2) is 0 Å². The third-order valence-corrected chi connectivity index (χ3v) is 3.59. The van der Waals surface area contributed by atoms with Crippen molar-refractivity contribution in [2.24, 2.45) is 0 Å². The van der Waals surface area contributed by atoms with Crippen LogP contribution in [0.3, 0.4) is 0 Å². The van der Waals surface area contributed by atoms with Crippen molar-refractivity contribution in [3.05, 3.63) is 23.8 Å². The molecule has 0 saturated heterocycles. The Kier molecular flexibility index (Phi) is 3.78. The summed E-state index contributed by atoms with van der Waals surface area (Å²) in [5.41, 5.74) is 1.04. The summed E-state index contributed by atoms with van der Waals surface area (Å²) < 4.78 is 10.6. The van der Waals surface area contributed by atoms with Gasteiger partial charge in [-0.1, -0.05) is 6.07 Å². The van der Waals surface area contributed by atoms with E-state index in [9.17, 15) is 5.11 Å². The molecule has 0 radical (unpaired) electrons. The van der Waals surface area contributed by atoms with Crippen LogP contribution in [0.15, 0.2) is 18.2 Å². The zero-order valence-electron chi connectivity index (χ0n) is 11.3. The van der Waals surface area contributed by atoms with Crippen LogP contribution in [0.1, 0.15) is 19.4 Å². The highest BCUT2D eigenvalue weighted by Crippen LogP contribution is 2.32. The van der Waals surface area contributed by atoms with E-state index in [0.29, 0.717) is 6.79 Å². The molecule has 0 aliphatic carbocycles. The third kappa shape index (κ3) is 2.76. The number of likely N-dealkylation sites (N-methyl/N-ethyl adjacent to an activating group) is 1. The monoisotopic (exact) mass is 251 g/mol. The van der Waals surface area contributed by atoms with Gasteiger partial charge in [-0.3, -0.25) is 4.90 Å². The van der Waals surface area contributed by atoms with E-state index in [2.05, 4.69) is 11.0 Å². The second-order valence-corrected chi connectivity index (χ2v) is 5.33. The van der Waals surface area contributed by atoms with Crippen molar-refractivity contribution in [3.63, 3.8) is 0 Å². The van der Waals surface area contributed by atoms with Crippen LogP contribution in [0.2, 0.25) is 0 Å². The number of aliphatic hydroxyl groups excluding tert-OH is 1. The van der Waals surface area contributed by atoms with Crippen molar-refractivity contribution in [2.45, 2.75) is 25.8 Å². The van der Waals surface area contributed by atoms with Gasteiger partial charge in [0.05, 0.1) is 6.61 Å². The first-order chi connectivity index (χ1) is 8.53. The lowest BCUT2D eigenvalue weighted by Gasteiger charge is -2.33. The zero-order valence-corrected chi connectivity index (χ0v) is 11.3. The van der Waals surface area contributed by atoms with Crippen molar-refractivity contribution >= 4 is 0 Å². The first-order valence-corrected chi connectivity index (χ1v) is 6.23. The summed E-state index contributed by atoms with van der Waals surface area (Å²) in [5, 5.41) is 9.31. The highest BCUT2D eigenvalue weighted by atomic mass is 16.7. The van der Waals surface area contributed by atoms with Crippen LogP contribution >= 0.6 is 0 Å². The van der Waals surface area contributed by atoms with E-state index in [-0.39, 0.29) is 12.1 Å². The van der Waals surface area contributed by atoms with E-state index in [1.165, 1.54) is 5.56 Å². The first-order valence-electron chi connectivity index (χ1n) is 6.23. The lowest BCUT2D eigenvalue weighted by molar-refractivity contribution is 0.0800. The Balaban J connectivity index is 1.94. The van der Waals surface area contributed by atoms with Crippen LogP contribution in [0.5, 0.6) is 11.5 Å². The highest BCUT2D eigenvalue weighted by molar-refractivity contribution is 5.44. The topological polar surface area (TPSA) is 41.9 Å². The largest absolute Gasteiger partial charge is 0.454 e. The summed E-state index contributed by atoms with van der Waals surface area (Å²) in [7, 11) is 2.03. The van der Waals surface area contributed by atoms with Gasteiger partial charge in [-0.2, -0.15) is 0 Å². The lowest BCUT2D eigenvalue weighted by atomic mass is 10.0. The van der Waals surface area contributed by atoms with Gasteiger partial charge in [0.25, 0.3) is 0 Å². The zero-order chi connectivity index (χ0) is 13.2. The molecule has 2 rings (SSSR count). The number of nitrogens with zero attached hydrogens (tertiary/aromatic N) is 1. The number of benzene rings is 1. The van der Waals surface area contributed by atoms with Crippen LogP contribution < -0.4 is 9.47 Å². The summed E-state index contributed by atoms with van der Waals surface area (Å²) in [6.45, 7) is 5.44. The summed E-state index contributed by atoms with van der Waals surface area (Å²) in [6, 6.07) is 6.05. The Morgan fingerprint density at radius 2 is 2.00 bits per heavy atom. The molecule has 0 amide bonds. The molecule has 18 heavy (non-hydrogen) atoms. The van der Waals surface area contributed by atoms with E-state index in [4.69, 9.17) is 9.47 Å². The fourth-order valence-corrected chi connectivity index (χ4v) is 1.82. The molecule has 1 aliphatic heterocycles. The minimum absolute atomic E-state index is 0.157. The molecule has 0 atom stereocenters. The van der Waals surface area contributed by atoms with E-state index in [0.717, 1.165) is 24.5 Å². The van der Waals surface area contributed by atoms with Crippen molar-refractivity contribution in [1.82, 2.24) is 4.90 Å². The predicted molar refractivity (Wildman–Crippen MR) is 70.1 cm³/mol. The Labute approximate surface area is 108 Å². The molecule has 1 N–H and O–H groups in total. The molecule has 1 heterocycles. The molecule has 4 heteroatoms. The summed E-state index contributed by atoms with van der Waals surface area (Å²) >= 11 is 0. The maximum atomic E-state index is 9.31. The molecule has 0 bridgehead atoms. The van der Waals surface area contributed by atoms with Gasteiger partial charge in [0.15, 0.2) is 11.5 Å². The van der Waals surface area contributed by atoms with Crippen LogP contribution in [-0.2, 0) is 6.42 Å². The molecular weight excluding hydrogens is 230 g/mol. The molecule has 4 nitrogen and oxygen atoms in total. The minimum Gasteiger partial charge on any atom is -0.454 e. The van der Waals surface area contributed by atoms with E-state index in [1.807, 2.05) is 33.0 Å². The van der Waals surface area contributed by atoms with E-state index < -0.39 is 0 Å². The molecule has 1 aromatic rings. The molecule has 1 aliphatic rings. The van der Waals surface area contributed by atoms with E-state index >= 15 is 0 Å². The fraction of sp³-hybridized carbons (Fsp3) is 0.571. The van der Waals surface area contributed by atoms with Crippen LogP contribution in [-0.4, -0.2) is 42.5 Å².